The first-order valence-corrected chi connectivity index (χ1v) is 7.02. The minimum absolute atomic E-state index is 0.0203. The molecule has 5 heteroatoms. The molecule has 0 atom stereocenters. The second-order valence-corrected chi connectivity index (χ2v) is 5.31. The predicted molar refractivity (Wildman–Crippen MR) is 86.2 cm³/mol. The quantitative estimate of drug-likeness (QED) is 0.532. The van der Waals surface area contributed by atoms with Gasteiger partial charge in [0.25, 0.3) is 0 Å². The Hall–Kier alpha value is -2.82. The van der Waals surface area contributed by atoms with Gasteiger partial charge in [-0.2, -0.15) is 4.39 Å². The van der Waals surface area contributed by atoms with Crippen LogP contribution in [-0.2, 0) is 7.05 Å². The van der Waals surface area contributed by atoms with E-state index in [9.17, 15) is 13.6 Å². The van der Waals surface area contributed by atoms with Crippen LogP contribution in [0.4, 0.5) is 8.78 Å². The van der Waals surface area contributed by atoms with E-state index in [4.69, 9.17) is 0 Å². The van der Waals surface area contributed by atoms with E-state index in [0.29, 0.717) is 5.56 Å². The van der Waals surface area contributed by atoms with Crippen molar-refractivity contribution in [2.75, 3.05) is 0 Å². The summed E-state index contributed by atoms with van der Waals surface area (Å²) in [5.41, 5.74) is 1.07. The first kappa shape index (κ1) is 15.1. The molecule has 116 valence electrons. The summed E-state index contributed by atoms with van der Waals surface area (Å²) in [6.07, 6.45) is 3.15. The number of nitrogens with zero attached hydrogens (tertiary/aromatic N) is 2. The van der Waals surface area contributed by atoms with E-state index in [0.717, 1.165) is 17.8 Å². The van der Waals surface area contributed by atoms with Gasteiger partial charge in [-0.15, -0.1) is 0 Å². The number of hydrogen-bond donors (Lipinski definition) is 0. The molecular weight excluding hydrogens is 298 g/mol. The Bertz CT molecular complexity index is 957. The van der Waals surface area contributed by atoms with E-state index in [1.807, 2.05) is 29.9 Å². The van der Waals surface area contributed by atoms with Gasteiger partial charge in [0.1, 0.15) is 11.4 Å². The molecule has 0 unspecified atom stereocenters. The zero-order valence-corrected chi connectivity index (χ0v) is 12.7. The van der Waals surface area contributed by atoms with Crippen LogP contribution in [0.15, 0.2) is 37.0 Å². The van der Waals surface area contributed by atoms with Crippen LogP contribution in [0.25, 0.3) is 28.2 Å². The number of fused-ring (bicyclic) bond motifs is 1. The average Bonchev–Trinajstić information content (AvgIpc) is 2.87. The molecule has 0 saturated carbocycles. The molecule has 23 heavy (non-hydrogen) atoms. The van der Waals surface area contributed by atoms with Crippen molar-refractivity contribution in [3.8, 4) is 11.3 Å². The van der Waals surface area contributed by atoms with Gasteiger partial charge in [0.15, 0.2) is 5.78 Å². The number of ketones is 1. The molecule has 0 amide bonds. The maximum Gasteiger partial charge on any atom is 0.227 e. The third-order valence-corrected chi connectivity index (χ3v) is 3.84. The fourth-order valence-corrected chi connectivity index (χ4v) is 2.68. The number of aryl methyl sites for hydroxylation is 1. The van der Waals surface area contributed by atoms with E-state index in [1.165, 1.54) is 6.08 Å². The van der Waals surface area contributed by atoms with Gasteiger partial charge in [0.2, 0.25) is 5.95 Å². The van der Waals surface area contributed by atoms with Crippen molar-refractivity contribution in [3.05, 3.63) is 59.9 Å². The number of halogens is 2. The summed E-state index contributed by atoms with van der Waals surface area (Å²) in [7, 11) is 1.91. The molecule has 0 aliphatic carbocycles. The van der Waals surface area contributed by atoms with E-state index >= 15 is 0 Å². The normalized spacial score (nSPS) is 11.0. The van der Waals surface area contributed by atoms with E-state index in [1.54, 1.807) is 12.1 Å². The van der Waals surface area contributed by atoms with Crippen molar-refractivity contribution in [3.63, 3.8) is 0 Å². The molecule has 0 aliphatic heterocycles. The summed E-state index contributed by atoms with van der Waals surface area (Å²) < 4.78 is 30.5. The van der Waals surface area contributed by atoms with Gasteiger partial charge in [-0.1, -0.05) is 18.7 Å². The number of pyridine rings is 1. The Balaban J connectivity index is 2.29. The van der Waals surface area contributed by atoms with Crippen molar-refractivity contribution in [2.45, 2.75) is 6.92 Å². The Morgan fingerprint density at radius 3 is 2.70 bits per heavy atom. The SMILES string of the molecule is C=Cc1c(-c2ccc3c(ccn3C)c2)nc(F)c(C(C)=O)c1F. The summed E-state index contributed by atoms with van der Waals surface area (Å²) in [4.78, 5) is 15.2. The highest BCUT2D eigenvalue weighted by atomic mass is 19.1. The molecule has 0 radical (unpaired) electrons. The molecule has 3 nitrogen and oxygen atoms in total. The fraction of sp³-hybridized carbons (Fsp3) is 0.111. The number of benzene rings is 1. The van der Waals surface area contributed by atoms with Crippen molar-refractivity contribution < 1.29 is 13.6 Å². The van der Waals surface area contributed by atoms with Crippen LogP contribution in [0.2, 0.25) is 0 Å². The number of aromatic nitrogens is 2. The predicted octanol–water partition coefficient (Wildman–Crippen LogP) is 4.36. The molecule has 3 aromatic rings. The zero-order valence-electron chi connectivity index (χ0n) is 12.7. The fourth-order valence-electron chi connectivity index (χ4n) is 2.68. The van der Waals surface area contributed by atoms with Crippen LogP contribution in [0.3, 0.4) is 0 Å². The second-order valence-electron chi connectivity index (χ2n) is 5.31. The van der Waals surface area contributed by atoms with Gasteiger partial charge in [-0.3, -0.25) is 4.79 Å². The largest absolute Gasteiger partial charge is 0.351 e. The summed E-state index contributed by atoms with van der Waals surface area (Å²) >= 11 is 0. The van der Waals surface area contributed by atoms with Gasteiger partial charge < -0.3 is 4.57 Å². The van der Waals surface area contributed by atoms with E-state index in [-0.39, 0.29) is 11.3 Å². The van der Waals surface area contributed by atoms with Gasteiger partial charge in [-0.25, -0.2) is 9.37 Å². The Labute approximate surface area is 131 Å². The third kappa shape index (κ3) is 2.34. The summed E-state index contributed by atoms with van der Waals surface area (Å²) in [6.45, 7) is 4.66. The van der Waals surface area contributed by atoms with Crippen molar-refractivity contribution >= 4 is 22.8 Å². The highest BCUT2D eigenvalue weighted by Crippen LogP contribution is 2.30. The number of hydrogen-bond acceptors (Lipinski definition) is 2. The number of Topliss-reactive ketones (excluding diaryl/α,β-unsaturated/α-hetero) is 1. The van der Waals surface area contributed by atoms with Crippen LogP contribution in [0, 0.1) is 11.8 Å². The number of rotatable bonds is 3. The molecule has 0 bridgehead atoms. The van der Waals surface area contributed by atoms with Crippen LogP contribution in [0.1, 0.15) is 22.8 Å². The zero-order chi connectivity index (χ0) is 16.7. The average molecular weight is 312 g/mol. The monoisotopic (exact) mass is 312 g/mol. The minimum Gasteiger partial charge on any atom is -0.351 e. The highest BCUT2D eigenvalue weighted by Gasteiger charge is 2.22. The van der Waals surface area contributed by atoms with Crippen LogP contribution in [-0.4, -0.2) is 15.3 Å². The molecular formula is C18H14F2N2O. The molecule has 1 aromatic carbocycles. The van der Waals surface area contributed by atoms with Gasteiger partial charge in [0, 0.05) is 35.3 Å². The first-order valence-electron chi connectivity index (χ1n) is 7.02. The van der Waals surface area contributed by atoms with Crippen molar-refractivity contribution in [1.29, 1.82) is 0 Å². The van der Waals surface area contributed by atoms with Gasteiger partial charge in [-0.05, 0) is 25.1 Å². The Morgan fingerprint density at radius 1 is 1.30 bits per heavy atom. The molecule has 0 spiro atoms. The van der Waals surface area contributed by atoms with Crippen LogP contribution in [0.5, 0.6) is 0 Å². The van der Waals surface area contributed by atoms with Crippen molar-refractivity contribution in [2.24, 2.45) is 7.05 Å². The topological polar surface area (TPSA) is 34.9 Å². The lowest BCUT2D eigenvalue weighted by Gasteiger charge is -2.11. The lowest BCUT2D eigenvalue weighted by molar-refractivity contribution is 0.100. The molecule has 0 aliphatic rings. The first-order chi connectivity index (χ1) is 10.9. The maximum atomic E-state index is 14.5. The highest BCUT2D eigenvalue weighted by molar-refractivity contribution is 5.96. The summed E-state index contributed by atoms with van der Waals surface area (Å²) in [5, 5.41) is 0.929. The third-order valence-electron chi connectivity index (χ3n) is 3.84. The molecule has 2 aromatic heterocycles. The summed E-state index contributed by atoms with van der Waals surface area (Å²) in [6, 6.07) is 7.30. The Morgan fingerprint density at radius 2 is 2.04 bits per heavy atom. The molecule has 3 rings (SSSR count). The number of carbonyl (C=O) groups excluding carboxylic acids is 1. The smallest absolute Gasteiger partial charge is 0.227 e. The second kappa shape index (κ2) is 5.43. The van der Waals surface area contributed by atoms with Crippen molar-refractivity contribution in [1.82, 2.24) is 9.55 Å². The summed E-state index contributed by atoms with van der Waals surface area (Å²) in [5.74, 6) is -2.74. The maximum absolute atomic E-state index is 14.5. The lowest BCUT2D eigenvalue weighted by atomic mass is 10.0. The van der Waals surface area contributed by atoms with Crippen LogP contribution >= 0.6 is 0 Å². The number of carbonyl (C=O) groups is 1. The minimum atomic E-state index is -1.11. The van der Waals surface area contributed by atoms with Gasteiger partial charge in [0.05, 0.1) is 5.69 Å². The van der Waals surface area contributed by atoms with Crippen LogP contribution < -0.4 is 0 Å². The molecule has 0 saturated heterocycles. The van der Waals surface area contributed by atoms with Gasteiger partial charge >= 0.3 is 0 Å². The molecule has 0 N–H and O–H groups in total. The van der Waals surface area contributed by atoms with E-state index in [2.05, 4.69) is 11.6 Å². The molecule has 2 heterocycles. The lowest BCUT2D eigenvalue weighted by Crippen LogP contribution is -2.08. The van der Waals surface area contributed by atoms with E-state index < -0.39 is 23.1 Å². The molecule has 0 fully saturated rings. The Kier molecular flexibility index (Phi) is 3.56. The standard InChI is InChI=1S/C18H14F2N2O/c1-4-13-16(19)15(10(2)23)18(20)21-17(13)12-5-6-14-11(9-12)7-8-22(14)3/h4-9H,1H2,2-3H3.